The minimum Gasteiger partial charge on any atom is -0.458 e. The Hall–Kier alpha value is -2.47. The van der Waals surface area contributed by atoms with Gasteiger partial charge in [-0.05, 0) is 32.4 Å². The van der Waals surface area contributed by atoms with E-state index in [4.69, 9.17) is 9.47 Å². The second-order valence-corrected chi connectivity index (χ2v) is 6.95. The van der Waals surface area contributed by atoms with Gasteiger partial charge in [0.15, 0.2) is 5.78 Å². The topological polar surface area (TPSA) is 89.9 Å². The number of hydrogen-bond acceptors (Lipinski definition) is 6. The molecule has 6 nitrogen and oxygen atoms in total. The highest BCUT2D eigenvalue weighted by Crippen LogP contribution is 2.48. The van der Waals surface area contributed by atoms with Crippen molar-refractivity contribution in [3.05, 3.63) is 46.6 Å². The highest BCUT2D eigenvalue weighted by atomic mass is 16.6. The minimum absolute atomic E-state index is 0.161. The van der Waals surface area contributed by atoms with E-state index in [2.05, 4.69) is 6.58 Å². The van der Waals surface area contributed by atoms with Gasteiger partial charge in [-0.25, -0.2) is 9.59 Å². The quantitative estimate of drug-likeness (QED) is 0.611. The predicted molar refractivity (Wildman–Crippen MR) is 92.8 cm³/mol. The van der Waals surface area contributed by atoms with Gasteiger partial charge in [0.2, 0.25) is 0 Å². The molecule has 1 aliphatic heterocycles. The first kappa shape index (κ1) is 18.3. The van der Waals surface area contributed by atoms with E-state index in [0.717, 1.165) is 5.57 Å². The molecule has 0 spiro atoms. The Morgan fingerprint density at radius 1 is 1.46 bits per heavy atom. The molecule has 1 heterocycles. The van der Waals surface area contributed by atoms with Crippen LogP contribution in [0.4, 0.5) is 0 Å². The Kier molecular flexibility index (Phi) is 4.71. The highest BCUT2D eigenvalue weighted by Gasteiger charge is 2.54. The SMILES string of the molecule is C=C1C(=O)OC2C3C(C)=CC(=O)C3=C(CO)CC(OC(=O)C(C)=CC)C12. The van der Waals surface area contributed by atoms with Gasteiger partial charge in [0.1, 0.15) is 12.2 Å². The molecule has 0 bridgehead atoms. The number of ketones is 1. The fraction of sp³-hybridized carbons (Fsp3) is 0.450. The zero-order valence-corrected chi connectivity index (χ0v) is 15.1. The van der Waals surface area contributed by atoms with Gasteiger partial charge in [-0.2, -0.15) is 0 Å². The lowest BCUT2D eigenvalue weighted by Crippen LogP contribution is -2.36. The lowest BCUT2D eigenvalue weighted by molar-refractivity contribution is -0.148. The summed E-state index contributed by atoms with van der Waals surface area (Å²) in [7, 11) is 0. The van der Waals surface area contributed by atoms with Gasteiger partial charge >= 0.3 is 11.9 Å². The number of aliphatic hydroxyl groups is 1. The Labute approximate surface area is 151 Å². The zero-order chi connectivity index (χ0) is 19.2. The van der Waals surface area contributed by atoms with Crippen LogP contribution < -0.4 is 0 Å². The monoisotopic (exact) mass is 358 g/mol. The molecule has 4 atom stereocenters. The van der Waals surface area contributed by atoms with E-state index in [1.807, 2.05) is 0 Å². The maximum atomic E-state index is 12.5. The van der Waals surface area contributed by atoms with Gasteiger partial charge in [0.05, 0.1) is 12.5 Å². The molecule has 138 valence electrons. The first-order valence-electron chi connectivity index (χ1n) is 8.59. The number of esters is 2. The van der Waals surface area contributed by atoms with Crippen molar-refractivity contribution in [2.45, 2.75) is 39.4 Å². The van der Waals surface area contributed by atoms with Crippen molar-refractivity contribution in [3.63, 3.8) is 0 Å². The summed E-state index contributed by atoms with van der Waals surface area (Å²) >= 11 is 0. The van der Waals surface area contributed by atoms with Crippen molar-refractivity contribution in [2.24, 2.45) is 11.8 Å². The van der Waals surface area contributed by atoms with Crippen molar-refractivity contribution in [1.29, 1.82) is 0 Å². The van der Waals surface area contributed by atoms with Gasteiger partial charge < -0.3 is 14.6 Å². The third-order valence-corrected chi connectivity index (χ3v) is 5.45. The summed E-state index contributed by atoms with van der Waals surface area (Å²) in [4.78, 5) is 36.9. The fourth-order valence-electron chi connectivity index (χ4n) is 3.98. The molecule has 1 fully saturated rings. The smallest absolute Gasteiger partial charge is 0.334 e. The number of aliphatic hydroxyl groups excluding tert-OH is 1. The second kappa shape index (κ2) is 6.68. The van der Waals surface area contributed by atoms with Gasteiger partial charge in [-0.15, -0.1) is 0 Å². The summed E-state index contributed by atoms with van der Waals surface area (Å²) in [5, 5.41) is 9.84. The molecule has 0 amide bonds. The minimum atomic E-state index is -0.734. The Morgan fingerprint density at radius 2 is 2.15 bits per heavy atom. The summed E-state index contributed by atoms with van der Waals surface area (Å²) < 4.78 is 11.2. The average molecular weight is 358 g/mol. The van der Waals surface area contributed by atoms with E-state index < -0.39 is 36.0 Å². The number of ether oxygens (including phenoxy) is 2. The summed E-state index contributed by atoms with van der Waals surface area (Å²) in [6.45, 7) is 8.67. The van der Waals surface area contributed by atoms with Crippen LogP contribution in [0.25, 0.3) is 0 Å². The molecular weight excluding hydrogens is 336 g/mol. The van der Waals surface area contributed by atoms with Crippen molar-refractivity contribution in [2.75, 3.05) is 6.61 Å². The molecule has 6 heteroatoms. The van der Waals surface area contributed by atoms with Crippen LogP contribution in [0.3, 0.4) is 0 Å². The number of fused-ring (bicyclic) bond motifs is 3. The van der Waals surface area contributed by atoms with Crippen LogP contribution in [0.1, 0.15) is 27.2 Å². The molecular formula is C20H22O6. The van der Waals surface area contributed by atoms with Crippen LogP contribution in [0.5, 0.6) is 0 Å². The van der Waals surface area contributed by atoms with Crippen LogP contribution in [0.15, 0.2) is 46.6 Å². The molecule has 3 rings (SSSR count). The number of rotatable bonds is 3. The molecule has 0 aromatic carbocycles. The largest absolute Gasteiger partial charge is 0.458 e. The molecule has 1 saturated heterocycles. The van der Waals surface area contributed by atoms with Crippen molar-refractivity contribution in [3.8, 4) is 0 Å². The summed E-state index contributed by atoms with van der Waals surface area (Å²) in [6.07, 6.45) is 1.91. The number of carbonyl (C=O) groups is 3. The molecule has 26 heavy (non-hydrogen) atoms. The van der Waals surface area contributed by atoms with Crippen LogP contribution >= 0.6 is 0 Å². The van der Waals surface area contributed by atoms with Gasteiger partial charge in [0, 0.05) is 29.1 Å². The number of allylic oxidation sites excluding steroid dienone is 2. The number of carbonyl (C=O) groups excluding carboxylic acids is 3. The normalized spacial score (nSPS) is 31.3. The van der Waals surface area contributed by atoms with Crippen LogP contribution in [-0.4, -0.2) is 41.6 Å². The van der Waals surface area contributed by atoms with Gasteiger partial charge in [-0.3, -0.25) is 4.79 Å². The van der Waals surface area contributed by atoms with Crippen LogP contribution in [0, 0.1) is 11.8 Å². The zero-order valence-electron chi connectivity index (χ0n) is 15.1. The molecule has 0 aromatic rings. The van der Waals surface area contributed by atoms with Crippen molar-refractivity contribution in [1.82, 2.24) is 0 Å². The third kappa shape index (κ3) is 2.74. The fourth-order valence-corrected chi connectivity index (χ4v) is 3.98. The van der Waals surface area contributed by atoms with E-state index in [-0.39, 0.29) is 24.4 Å². The first-order valence-corrected chi connectivity index (χ1v) is 8.59. The Balaban J connectivity index is 2.07. The lowest BCUT2D eigenvalue weighted by atomic mass is 9.82. The molecule has 0 saturated carbocycles. The van der Waals surface area contributed by atoms with Crippen LogP contribution in [0.2, 0.25) is 0 Å². The highest BCUT2D eigenvalue weighted by molar-refractivity contribution is 6.09. The summed E-state index contributed by atoms with van der Waals surface area (Å²) in [6, 6.07) is 0. The van der Waals surface area contributed by atoms with Crippen molar-refractivity contribution >= 4 is 17.7 Å². The van der Waals surface area contributed by atoms with Crippen LogP contribution in [-0.2, 0) is 23.9 Å². The van der Waals surface area contributed by atoms with Crippen molar-refractivity contribution < 1.29 is 29.0 Å². The molecule has 2 aliphatic carbocycles. The molecule has 0 radical (unpaired) electrons. The van der Waals surface area contributed by atoms with E-state index in [9.17, 15) is 19.5 Å². The third-order valence-electron chi connectivity index (χ3n) is 5.45. The van der Waals surface area contributed by atoms with Gasteiger partial charge in [-0.1, -0.05) is 18.2 Å². The van der Waals surface area contributed by atoms with E-state index >= 15 is 0 Å². The number of hydrogen-bond donors (Lipinski definition) is 1. The molecule has 0 aromatic heterocycles. The Bertz CT molecular complexity index is 797. The molecule has 1 N–H and O–H groups in total. The van der Waals surface area contributed by atoms with E-state index in [0.29, 0.717) is 16.7 Å². The maximum absolute atomic E-state index is 12.5. The standard InChI is InChI=1S/C20H22O6/c1-5-9(2)19(23)25-14-7-12(8-21)17-13(22)6-10(3)15(17)18-16(14)11(4)20(24)26-18/h5-6,14-16,18,21H,4,7-8H2,1-3H3. The second-order valence-electron chi connectivity index (χ2n) is 6.95. The molecule has 3 aliphatic rings. The summed E-state index contributed by atoms with van der Waals surface area (Å²) in [5.41, 5.74) is 2.40. The predicted octanol–water partition coefficient (Wildman–Crippen LogP) is 1.80. The molecule has 4 unspecified atom stereocenters. The first-order chi connectivity index (χ1) is 12.3. The van der Waals surface area contributed by atoms with E-state index in [1.54, 1.807) is 26.8 Å². The maximum Gasteiger partial charge on any atom is 0.334 e. The summed E-state index contributed by atoms with van der Waals surface area (Å²) in [5.74, 6) is -2.24. The van der Waals surface area contributed by atoms with E-state index in [1.165, 1.54) is 6.08 Å². The average Bonchev–Trinajstić information content (AvgIpc) is 3.00. The van der Waals surface area contributed by atoms with Gasteiger partial charge in [0.25, 0.3) is 0 Å². The Morgan fingerprint density at radius 3 is 2.77 bits per heavy atom. The lowest BCUT2D eigenvalue weighted by Gasteiger charge is -2.28.